The average Bonchev–Trinajstić information content (AvgIpc) is 4.00. The van der Waals surface area contributed by atoms with Crippen LogP contribution in [0, 0.1) is 5.41 Å². The first-order valence-corrected chi connectivity index (χ1v) is 22.2. The number of hydrogen-bond acceptors (Lipinski definition) is 10. The lowest BCUT2D eigenvalue weighted by atomic mass is 9.67. The molecule has 6 heterocycles. The van der Waals surface area contributed by atoms with Crippen LogP contribution < -0.4 is 30.9 Å². The number of anilines is 4. The van der Waals surface area contributed by atoms with Gasteiger partial charge in [-0.05, 0) is 105 Å². The van der Waals surface area contributed by atoms with Gasteiger partial charge in [-0.25, -0.2) is 23.1 Å². The number of amides is 4. The second kappa shape index (κ2) is 17.7. The summed E-state index contributed by atoms with van der Waals surface area (Å²) in [5.74, 6) is 0.388. The van der Waals surface area contributed by atoms with E-state index >= 15 is 0 Å². The topological polar surface area (TPSA) is 163 Å². The van der Waals surface area contributed by atoms with Gasteiger partial charge in [-0.2, -0.15) is 0 Å². The summed E-state index contributed by atoms with van der Waals surface area (Å²) in [7, 11) is 1.80. The van der Waals surface area contributed by atoms with Crippen LogP contribution in [-0.2, 0) is 11.2 Å². The number of carbonyl (C=O) groups excluding carboxylic acids is 3. The molecule has 3 aromatic heterocycles. The van der Waals surface area contributed by atoms with Gasteiger partial charge in [-0.15, -0.1) is 5.10 Å². The Morgan fingerprint density at radius 2 is 1.68 bits per heavy atom. The molecule has 4 fully saturated rings. The second-order valence-corrected chi connectivity index (χ2v) is 17.6. The minimum Gasteiger partial charge on any atom is -0.489 e. The molecule has 4 amide bonds. The molecule has 1 unspecified atom stereocenters. The standard InChI is InChI=1S/C43H45ClF2N10O4.C3H6/c1-48-32-22-36(52-56-35(40(47)58)24-50-41(32)56)54-17-11-29-28(3-2-4-33(29)54)31-8-6-27(23-49-31)60-26-9-13-43(14-10-26)15-19-53(20-16-43)38(39(45)46)25-5-7-30(44)34(21-25)55-18-12-37(57)51-42(55)59;1-2-3-1/h2-8,21-24,26,38-39,48H,9-20H2,1H3,(H2,47,58)(H,51,57,59);1-3H2. The maximum absolute atomic E-state index is 14.8. The van der Waals surface area contributed by atoms with Crippen molar-refractivity contribution in [1.29, 1.82) is 0 Å². The number of nitrogens with one attached hydrogen (secondary N) is 2. The van der Waals surface area contributed by atoms with Crippen LogP contribution in [0.2, 0.25) is 5.02 Å². The number of nitrogens with zero attached hydrogens (tertiary/aromatic N) is 7. The highest BCUT2D eigenvalue weighted by Crippen LogP contribution is 2.48. The lowest BCUT2D eigenvalue weighted by Crippen LogP contribution is -2.49. The Hall–Kier alpha value is -5.87. The number of piperidine rings is 1. The summed E-state index contributed by atoms with van der Waals surface area (Å²) in [6.07, 6.45) is 11.3. The number of urea groups is 1. The number of alkyl halides is 2. The summed E-state index contributed by atoms with van der Waals surface area (Å²) in [6.45, 7) is 1.89. The number of ether oxygens (including phenoxy) is 1. The van der Waals surface area contributed by atoms with E-state index in [0.29, 0.717) is 48.1 Å². The summed E-state index contributed by atoms with van der Waals surface area (Å²) in [4.78, 5) is 50.8. The van der Waals surface area contributed by atoms with Crippen LogP contribution >= 0.6 is 11.6 Å². The second-order valence-electron chi connectivity index (χ2n) is 17.2. The van der Waals surface area contributed by atoms with Crippen molar-refractivity contribution >= 4 is 58.0 Å². The van der Waals surface area contributed by atoms with E-state index < -0.39 is 24.4 Å². The van der Waals surface area contributed by atoms with Crippen LogP contribution in [0.4, 0.5) is 36.5 Å². The lowest BCUT2D eigenvalue weighted by molar-refractivity contribution is -0.120. The monoisotopic (exact) mass is 880 g/mol. The van der Waals surface area contributed by atoms with E-state index in [1.54, 1.807) is 31.4 Å². The zero-order valence-electron chi connectivity index (χ0n) is 35.2. The van der Waals surface area contributed by atoms with Crippen LogP contribution in [0.5, 0.6) is 5.75 Å². The van der Waals surface area contributed by atoms with E-state index in [4.69, 9.17) is 32.2 Å². The maximum Gasteiger partial charge on any atom is 0.328 e. The fourth-order valence-corrected chi connectivity index (χ4v) is 9.70. The smallest absolute Gasteiger partial charge is 0.328 e. The Labute approximate surface area is 369 Å². The molecule has 2 aliphatic carbocycles. The largest absolute Gasteiger partial charge is 0.489 e. The zero-order valence-corrected chi connectivity index (χ0v) is 35.9. The molecule has 4 N–H and O–H groups in total. The summed E-state index contributed by atoms with van der Waals surface area (Å²) in [6, 6.07) is 15.0. The number of hydrogen-bond donors (Lipinski definition) is 3. The van der Waals surface area contributed by atoms with E-state index in [-0.39, 0.29) is 41.1 Å². The molecule has 14 nitrogen and oxygen atoms in total. The third-order valence-electron chi connectivity index (χ3n) is 13.1. The van der Waals surface area contributed by atoms with Crippen molar-refractivity contribution in [2.75, 3.05) is 48.3 Å². The maximum atomic E-state index is 14.8. The average molecular weight is 881 g/mol. The molecule has 5 aliphatic rings. The number of carbonyl (C=O) groups is 3. The Morgan fingerprint density at radius 3 is 2.35 bits per heavy atom. The van der Waals surface area contributed by atoms with E-state index in [1.807, 2.05) is 29.2 Å². The number of likely N-dealkylation sites (tertiary alicyclic amines) is 1. The summed E-state index contributed by atoms with van der Waals surface area (Å²) < 4.78 is 37.5. The highest BCUT2D eigenvalue weighted by molar-refractivity contribution is 6.34. The van der Waals surface area contributed by atoms with E-state index in [1.165, 1.54) is 34.9 Å². The molecule has 2 saturated heterocycles. The van der Waals surface area contributed by atoms with Crippen molar-refractivity contribution in [3.05, 3.63) is 88.8 Å². The van der Waals surface area contributed by atoms with Gasteiger partial charge in [0.25, 0.3) is 12.3 Å². The SMILES string of the molecule is C1CC1.CNc1cc(N2CCc3c(-c4ccc(OC5CCC6(CC5)CCN(C(c5ccc(Cl)c(N7CCC(=O)NC7=O)c5)C(F)F)CC6)cn4)cccc32)nn2c(C(N)=O)cnc12. The lowest BCUT2D eigenvalue weighted by Gasteiger charge is -2.47. The first kappa shape index (κ1) is 42.4. The van der Waals surface area contributed by atoms with Crippen LogP contribution in [0.15, 0.2) is 67.0 Å². The molecule has 3 aliphatic heterocycles. The van der Waals surface area contributed by atoms with Crippen molar-refractivity contribution in [3.63, 3.8) is 0 Å². The first-order valence-electron chi connectivity index (χ1n) is 21.8. The van der Waals surface area contributed by atoms with Gasteiger partial charge < -0.3 is 20.7 Å². The number of primary amides is 1. The highest BCUT2D eigenvalue weighted by Gasteiger charge is 2.42. The number of nitrogens with two attached hydrogens (primary N) is 1. The van der Waals surface area contributed by atoms with Gasteiger partial charge in [0.1, 0.15) is 11.4 Å². The van der Waals surface area contributed by atoms with E-state index in [9.17, 15) is 23.2 Å². The molecular formula is C46H51ClF2N10O4. The molecule has 0 radical (unpaired) electrons. The third kappa shape index (κ3) is 8.75. The molecule has 5 aromatic rings. The number of aromatic nitrogens is 4. The molecule has 17 heteroatoms. The predicted octanol–water partition coefficient (Wildman–Crippen LogP) is 8.31. The molecule has 63 heavy (non-hydrogen) atoms. The molecule has 1 spiro atoms. The number of imidazole rings is 1. The highest BCUT2D eigenvalue weighted by atomic mass is 35.5. The molecule has 0 bridgehead atoms. The number of imide groups is 1. The minimum absolute atomic E-state index is 0.0392. The normalized spacial score (nSPS) is 19.1. The van der Waals surface area contributed by atoms with Crippen LogP contribution in [-0.4, -0.2) is 88.1 Å². The Bertz CT molecular complexity index is 2510. The Kier molecular flexibility index (Phi) is 11.9. The molecule has 2 aromatic carbocycles. The fourth-order valence-electron chi connectivity index (χ4n) is 9.48. The summed E-state index contributed by atoms with van der Waals surface area (Å²) in [5.41, 5.74) is 11.9. The van der Waals surface area contributed by atoms with Gasteiger partial charge in [0.15, 0.2) is 11.5 Å². The molecule has 1 atom stereocenters. The van der Waals surface area contributed by atoms with Gasteiger partial charge in [-0.3, -0.25) is 29.7 Å². The number of benzene rings is 2. The van der Waals surface area contributed by atoms with Crippen LogP contribution in [0.25, 0.3) is 16.9 Å². The van der Waals surface area contributed by atoms with Gasteiger partial charge in [0, 0.05) is 43.9 Å². The quantitative estimate of drug-likeness (QED) is 0.124. The van der Waals surface area contributed by atoms with Gasteiger partial charge in [0.05, 0.1) is 46.6 Å². The number of rotatable bonds is 10. The molecular weight excluding hydrogens is 830 g/mol. The van der Waals surface area contributed by atoms with Crippen molar-refractivity contribution in [1.82, 2.24) is 29.8 Å². The zero-order chi connectivity index (χ0) is 43.8. The van der Waals surface area contributed by atoms with Crippen molar-refractivity contribution < 1.29 is 27.9 Å². The first-order chi connectivity index (χ1) is 30.5. The Morgan fingerprint density at radius 1 is 0.921 bits per heavy atom. The van der Waals surface area contributed by atoms with Gasteiger partial charge >= 0.3 is 6.03 Å². The van der Waals surface area contributed by atoms with Gasteiger partial charge in [0.2, 0.25) is 5.91 Å². The fraction of sp³-hybridized carbons (Fsp3) is 0.435. The van der Waals surface area contributed by atoms with E-state index in [0.717, 1.165) is 73.1 Å². The van der Waals surface area contributed by atoms with Crippen molar-refractivity contribution in [3.8, 4) is 17.0 Å². The number of pyridine rings is 1. The van der Waals surface area contributed by atoms with Crippen molar-refractivity contribution in [2.24, 2.45) is 11.1 Å². The predicted molar refractivity (Wildman–Crippen MR) is 237 cm³/mol. The summed E-state index contributed by atoms with van der Waals surface area (Å²) in [5, 5.41) is 10.4. The van der Waals surface area contributed by atoms with Crippen LogP contribution in [0.1, 0.15) is 91.9 Å². The Balaban J connectivity index is 0.00000161. The van der Waals surface area contributed by atoms with Crippen molar-refractivity contribution in [2.45, 2.75) is 89.2 Å². The third-order valence-corrected chi connectivity index (χ3v) is 13.4. The number of halogens is 3. The molecule has 2 saturated carbocycles. The summed E-state index contributed by atoms with van der Waals surface area (Å²) >= 11 is 6.42. The van der Waals surface area contributed by atoms with E-state index in [2.05, 4.69) is 32.7 Å². The van der Waals surface area contributed by atoms with Gasteiger partial charge in [-0.1, -0.05) is 49.1 Å². The number of fused-ring (bicyclic) bond motifs is 2. The van der Waals surface area contributed by atoms with Crippen LogP contribution in [0.3, 0.4) is 0 Å². The molecule has 330 valence electrons. The minimum atomic E-state index is -2.64. The molecule has 10 rings (SSSR count).